The lowest BCUT2D eigenvalue weighted by Gasteiger charge is -2.31. The van der Waals surface area contributed by atoms with Crippen LogP contribution in [0.25, 0.3) is 22.2 Å². The van der Waals surface area contributed by atoms with Crippen molar-refractivity contribution in [3.8, 4) is 17.0 Å². The van der Waals surface area contributed by atoms with E-state index in [1.54, 1.807) is 30.5 Å². The Morgan fingerprint density at radius 3 is 2.77 bits per heavy atom. The zero-order valence-electron chi connectivity index (χ0n) is 19.3. The van der Waals surface area contributed by atoms with E-state index in [9.17, 15) is 14.3 Å². The summed E-state index contributed by atoms with van der Waals surface area (Å²) in [5.74, 6) is 0.634. The Morgan fingerprint density at radius 2 is 2.03 bits per heavy atom. The van der Waals surface area contributed by atoms with Crippen molar-refractivity contribution in [2.24, 2.45) is 0 Å². The van der Waals surface area contributed by atoms with E-state index in [1.165, 1.54) is 12.3 Å². The van der Waals surface area contributed by atoms with Gasteiger partial charge in [-0.15, -0.1) is 0 Å². The molecule has 1 aliphatic heterocycles. The van der Waals surface area contributed by atoms with Crippen molar-refractivity contribution in [1.82, 2.24) is 15.0 Å². The molecule has 4 heterocycles. The number of nitrogens with zero attached hydrogens (tertiary/aromatic N) is 3. The standard InChI is InChI=1S/C26H26FN5O3/c1-2-35-18-4-5-20(27)19(13-18)22-14-23(25-21(30-22)7-10-28-26(25)34)31-24-6-3-16(15-29-24)32-11-8-17(33)9-12-32/h3-7,10,13-15,17,33H,2,8-9,11-12H2,1H3,(H,28,34)(H,29,30,31). The maximum absolute atomic E-state index is 14.8. The molecule has 0 radical (unpaired) electrons. The summed E-state index contributed by atoms with van der Waals surface area (Å²) in [5.41, 5.74) is 2.20. The summed E-state index contributed by atoms with van der Waals surface area (Å²) in [5, 5.41) is 13.3. The minimum atomic E-state index is -0.440. The first-order valence-corrected chi connectivity index (χ1v) is 11.6. The number of rotatable bonds is 6. The highest BCUT2D eigenvalue weighted by Gasteiger charge is 2.18. The number of halogens is 1. The summed E-state index contributed by atoms with van der Waals surface area (Å²) in [6.07, 6.45) is 4.50. The van der Waals surface area contributed by atoms with Crippen LogP contribution in [0.5, 0.6) is 5.75 Å². The summed E-state index contributed by atoms with van der Waals surface area (Å²) in [6, 6.07) is 11.6. The highest BCUT2D eigenvalue weighted by molar-refractivity contribution is 5.94. The lowest BCUT2D eigenvalue weighted by Crippen LogP contribution is -2.35. The van der Waals surface area contributed by atoms with Gasteiger partial charge in [-0.05, 0) is 62.2 Å². The molecule has 180 valence electrons. The molecule has 8 nitrogen and oxygen atoms in total. The molecule has 1 aliphatic rings. The van der Waals surface area contributed by atoms with Crippen molar-refractivity contribution >= 4 is 28.1 Å². The number of fused-ring (bicyclic) bond motifs is 1. The van der Waals surface area contributed by atoms with Gasteiger partial charge < -0.3 is 25.0 Å². The quantitative estimate of drug-likeness (QED) is 0.383. The number of benzene rings is 1. The third-order valence-corrected chi connectivity index (χ3v) is 6.10. The molecule has 9 heteroatoms. The number of nitrogens with one attached hydrogen (secondary N) is 2. The monoisotopic (exact) mass is 475 g/mol. The highest BCUT2D eigenvalue weighted by atomic mass is 19.1. The molecule has 1 saturated heterocycles. The number of aliphatic hydroxyl groups is 1. The van der Waals surface area contributed by atoms with Gasteiger partial charge in [0.15, 0.2) is 0 Å². The number of anilines is 3. The molecule has 1 fully saturated rings. The molecular formula is C26H26FN5O3. The van der Waals surface area contributed by atoms with Crippen LogP contribution >= 0.6 is 0 Å². The SMILES string of the molecule is CCOc1ccc(F)c(-c2cc(Nc3ccc(N4CCC(O)CC4)cn3)c3c(=O)[nH]ccc3n2)c1. The van der Waals surface area contributed by atoms with Crippen molar-refractivity contribution < 1.29 is 14.2 Å². The van der Waals surface area contributed by atoms with Gasteiger partial charge in [0.05, 0.1) is 46.9 Å². The van der Waals surface area contributed by atoms with Crippen LogP contribution in [0.2, 0.25) is 0 Å². The Morgan fingerprint density at radius 1 is 1.20 bits per heavy atom. The molecule has 0 amide bonds. The number of aliphatic hydroxyl groups excluding tert-OH is 1. The fourth-order valence-corrected chi connectivity index (χ4v) is 4.30. The van der Waals surface area contributed by atoms with Gasteiger partial charge in [-0.3, -0.25) is 4.79 Å². The van der Waals surface area contributed by atoms with Crippen molar-refractivity contribution in [3.05, 3.63) is 71.0 Å². The zero-order chi connectivity index (χ0) is 24.4. The van der Waals surface area contributed by atoms with E-state index >= 15 is 0 Å². The Labute approximate surface area is 201 Å². The van der Waals surface area contributed by atoms with Crippen LogP contribution < -0.4 is 20.5 Å². The van der Waals surface area contributed by atoms with Gasteiger partial charge >= 0.3 is 0 Å². The number of aromatic nitrogens is 3. The summed E-state index contributed by atoms with van der Waals surface area (Å²) in [6.45, 7) is 3.86. The second-order valence-corrected chi connectivity index (χ2v) is 8.44. The maximum Gasteiger partial charge on any atom is 0.259 e. The Kier molecular flexibility index (Phi) is 6.33. The predicted octanol–water partition coefficient (Wildman–Crippen LogP) is 4.23. The number of ether oxygens (including phenoxy) is 1. The Balaban J connectivity index is 1.51. The van der Waals surface area contributed by atoms with Gasteiger partial charge in [0.25, 0.3) is 5.56 Å². The average Bonchev–Trinajstić information content (AvgIpc) is 2.86. The molecule has 0 saturated carbocycles. The normalized spacial score (nSPS) is 14.3. The zero-order valence-corrected chi connectivity index (χ0v) is 19.3. The first-order valence-electron chi connectivity index (χ1n) is 11.6. The average molecular weight is 476 g/mol. The summed E-state index contributed by atoms with van der Waals surface area (Å²) in [4.78, 5) is 26.6. The summed E-state index contributed by atoms with van der Waals surface area (Å²) in [7, 11) is 0. The second kappa shape index (κ2) is 9.71. The summed E-state index contributed by atoms with van der Waals surface area (Å²) < 4.78 is 20.3. The highest BCUT2D eigenvalue weighted by Crippen LogP contribution is 2.32. The molecular weight excluding hydrogens is 449 g/mol. The van der Waals surface area contributed by atoms with E-state index in [1.807, 2.05) is 19.1 Å². The number of H-pyrrole nitrogens is 1. The second-order valence-electron chi connectivity index (χ2n) is 8.44. The van der Waals surface area contributed by atoms with Crippen molar-refractivity contribution in [1.29, 1.82) is 0 Å². The van der Waals surface area contributed by atoms with Gasteiger partial charge in [-0.2, -0.15) is 0 Å². The van der Waals surface area contributed by atoms with Crippen LogP contribution in [0.4, 0.5) is 21.6 Å². The number of pyridine rings is 3. The Bertz CT molecular complexity index is 1400. The number of aromatic amines is 1. The van der Waals surface area contributed by atoms with Crippen LogP contribution in [0.1, 0.15) is 19.8 Å². The van der Waals surface area contributed by atoms with Crippen LogP contribution in [0.15, 0.2) is 59.7 Å². The van der Waals surface area contributed by atoms with E-state index in [0.717, 1.165) is 31.6 Å². The van der Waals surface area contributed by atoms with E-state index in [2.05, 4.69) is 25.2 Å². The predicted molar refractivity (Wildman–Crippen MR) is 134 cm³/mol. The molecule has 5 rings (SSSR count). The van der Waals surface area contributed by atoms with Crippen LogP contribution in [-0.2, 0) is 0 Å². The third kappa shape index (κ3) is 4.81. The van der Waals surface area contributed by atoms with E-state index < -0.39 is 5.82 Å². The molecule has 0 aliphatic carbocycles. The molecule has 0 spiro atoms. The molecule has 3 aromatic heterocycles. The maximum atomic E-state index is 14.8. The number of hydrogen-bond donors (Lipinski definition) is 3. The summed E-state index contributed by atoms with van der Waals surface area (Å²) >= 11 is 0. The van der Waals surface area contributed by atoms with Gasteiger partial charge in [0.2, 0.25) is 0 Å². The molecule has 35 heavy (non-hydrogen) atoms. The van der Waals surface area contributed by atoms with Gasteiger partial charge in [0, 0.05) is 24.8 Å². The van der Waals surface area contributed by atoms with Crippen LogP contribution in [0, 0.1) is 5.82 Å². The lowest BCUT2D eigenvalue weighted by atomic mass is 10.1. The van der Waals surface area contributed by atoms with Gasteiger partial charge in [-0.1, -0.05) is 0 Å². The van der Waals surface area contributed by atoms with Crippen molar-refractivity contribution in [2.75, 3.05) is 29.9 Å². The molecule has 0 bridgehead atoms. The molecule has 0 atom stereocenters. The van der Waals surface area contributed by atoms with Crippen molar-refractivity contribution in [2.45, 2.75) is 25.9 Å². The Hall–Kier alpha value is -3.98. The minimum Gasteiger partial charge on any atom is -0.494 e. The molecule has 0 unspecified atom stereocenters. The van der Waals surface area contributed by atoms with E-state index in [-0.39, 0.29) is 17.2 Å². The fourth-order valence-electron chi connectivity index (χ4n) is 4.30. The van der Waals surface area contributed by atoms with Gasteiger partial charge in [0.1, 0.15) is 17.4 Å². The largest absolute Gasteiger partial charge is 0.494 e. The fraction of sp³-hybridized carbons (Fsp3) is 0.269. The lowest BCUT2D eigenvalue weighted by molar-refractivity contribution is 0.145. The van der Waals surface area contributed by atoms with E-state index in [4.69, 9.17) is 4.74 Å². The molecule has 4 aromatic rings. The first-order chi connectivity index (χ1) is 17.0. The minimum absolute atomic E-state index is 0.244. The first kappa shape index (κ1) is 22.8. The number of hydrogen-bond acceptors (Lipinski definition) is 7. The van der Waals surface area contributed by atoms with E-state index in [0.29, 0.717) is 40.5 Å². The molecule has 1 aromatic carbocycles. The van der Waals surface area contributed by atoms with Crippen LogP contribution in [0.3, 0.4) is 0 Å². The number of piperidine rings is 1. The topological polar surface area (TPSA) is 103 Å². The third-order valence-electron chi connectivity index (χ3n) is 6.10. The van der Waals surface area contributed by atoms with Crippen molar-refractivity contribution in [3.63, 3.8) is 0 Å². The molecule has 3 N–H and O–H groups in total. The smallest absolute Gasteiger partial charge is 0.259 e. The van der Waals surface area contributed by atoms with Crippen LogP contribution in [-0.4, -0.2) is 45.9 Å². The van der Waals surface area contributed by atoms with Gasteiger partial charge in [-0.25, -0.2) is 14.4 Å².